The van der Waals surface area contributed by atoms with E-state index in [4.69, 9.17) is 5.73 Å². The molecule has 1 aromatic heterocycles. The van der Waals surface area contributed by atoms with E-state index in [2.05, 4.69) is 15.5 Å². The lowest BCUT2D eigenvalue weighted by Crippen LogP contribution is -2.05. The summed E-state index contributed by atoms with van der Waals surface area (Å²) < 4.78 is 0. The summed E-state index contributed by atoms with van der Waals surface area (Å²) in [4.78, 5) is 11.9. The van der Waals surface area contributed by atoms with Crippen LogP contribution < -0.4 is 11.1 Å². The highest BCUT2D eigenvalue weighted by Gasteiger charge is 2.00. The third-order valence-electron chi connectivity index (χ3n) is 2.06. The van der Waals surface area contributed by atoms with Crippen LogP contribution in [0.3, 0.4) is 0 Å². The first-order valence-corrected chi connectivity index (χ1v) is 6.10. The van der Waals surface area contributed by atoms with Gasteiger partial charge >= 0.3 is 0 Å². The van der Waals surface area contributed by atoms with Gasteiger partial charge in [-0.1, -0.05) is 11.8 Å². The van der Waals surface area contributed by atoms with E-state index in [0.29, 0.717) is 5.82 Å². The summed E-state index contributed by atoms with van der Waals surface area (Å²) in [5, 5.41) is 11.2. The number of benzene rings is 1. The molecule has 0 aliphatic heterocycles. The quantitative estimate of drug-likeness (QED) is 0.884. The molecule has 0 saturated carbocycles. The maximum absolute atomic E-state index is 10.9. The van der Waals surface area contributed by atoms with Gasteiger partial charge in [-0.25, -0.2) is 0 Å². The normalized spacial score (nSPS) is 10.1. The molecule has 18 heavy (non-hydrogen) atoms. The van der Waals surface area contributed by atoms with E-state index < -0.39 is 0 Å². The van der Waals surface area contributed by atoms with Crippen LogP contribution in [-0.2, 0) is 4.79 Å². The molecular formula is C12H12N4OS. The fourth-order valence-electron chi connectivity index (χ4n) is 1.32. The van der Waals surface area contributed by atoms with E-state index in [-0.39, 0.29) is 5.91 Å². The zero-order valence-corrected chi connectivity index (χ0v) is 10.6. The van der Waals surface area contributed by atoms with Crippen molar-refractivity contribution in [2.45, 2.75) is 16.8 Å². The Morgan fingerprint density at radius 1 is 1.17 bits per heavy atom. The Labute approximate surface area is 109 Å². The Morgan fingerprint density at radius 3 is 2.44 bits per heavy atom. The number of carbonyl (C=O) groups is 1. The number of anilines is 2. The summed E-state index contributed by atoms with van der Waals surface area (Å²) in [5.41, 5.74) is 6.24. The van der Waals surface area contributed by atoms with Gasteiger partial charge in [-0.3, -0.25) is 4.79 Å². The Bertz CT molecular complexity index is 539. The first kappa shape index (κ1) is 12.4. The van der Waals surface area contributed by atoms with Crippen molar-refractivity contribution >= 4 is 29.2 Å². The topological polar surface area (TPSA) is 80.9 Å². The van der Waals surface area contributed by atoms with E-state index in [0.717, 1.165) is 15.6 Å². The number of nitrogen functional groups attached to an aromatic ring is 1. The average Bonchev–Trinajstić information content (AvgIpc) is 2.34. The van der Waals surface area contributed by atoms with Crippen LogP contribution >= 0.6 is 11.8 Å². The van der Waals surface area contributed by atoms with Gasteiger partial charge in [0.1, 0.15) is 10.8 Å². The molecule has 0 spiro atoms. The highest BCUT2D eigenvalue weighted by Crippen LogP contribution is 2.26. The molecule has 0 fully saturated rings. The molecular weight excluding hydrogens is 248 g/mol. The minimum atomic E-state index is -0.0835. The third kappa shape index (κ3) is 3.46. The van der Waals surface area contributed by atoms with Gasteiger partial charge in [-0.2, -0.15) is 0 Å². The van der Waals surface area contributed by atoms with Gasteiger partial charge in [0.05, 0.1) is 0 Å². The van der Waals surface area contributed by atoms with E-state index in [9.17, 15) is 4.79 Å². The van der Waals surface area contributed by atoms with Gasteiger partial charge in [0.25, 0.3) is 0 Å². The second kappa shape index (κ2) is 5.50. The van der Waals surface area contributed by atoms with Crippen molar-refractivity contribution in [3.8, 4) is 0 Å². The monoisotopic (exact) mass is 260 g/mol. The molecule has 0 unspecified atom stereocenters. The van der Waals surface area contributed by atoms with Crippen molar-refractivity contribution in [2.24, 2.45) is 0 Å². The lowest BCUT2D eigenvalue weighted by Gasteiger charge is -2.03. The van der Waals surface area contributed by atoms with Crippen molar-refractivity contribution in [2.75, 3.05) is 11.1 Å². The van der Waals surface area contributed by atoms with Crippen molar-refractivity contribution in [3.05, 3.63) is 36.4 Å². The fraction of sp³-hybridized carbons (Fsp3) is 0.0833. The van der Waals surface area contributed by atoms with Crippen LogP contribution in [0.1, 0.15) is 6.92 Å². The number of nitrogens with two attached hydrogens (primary N) is 1. The number of nitrogens with zero attached hydrogens (tertiary/aromatic N) is 2. The number of amides is 1. The predicted octanol–water partition coefficient (Wildman–Crippen LogP) is 2.17. The summed E-state index contributed by atoms with van der Waals surface area (Å²) in [5.74, 6) is 0.320. The zero-order valence-electron chi connectivity index (χ0n) is 9.75. The van der Waals surface area contributed by atoms with E-state index in [1.807, 2.05) is 30.3 Å². The first-order chi connectivity index (χ1) is 8.63. The molecule has 0 radical (unpaired) electrons. The standard InChI is InChI=1S/C12H12N4OS/c1-8(17)14-9-2-4-10(5-3-9)18-12-7-6-11(13)15-16-12/h2-7H,1H3,(H2,13,15)(H,14,17). The summed E-state index contributed by atoms with van der Waals surface area (Å²) >= 11 is 1.48. The van der Waals surface area contributed by atoms with Crippen LogP contribution in [0.2, 0.25) is 0 Å². The van der Waals surface area contributed by atoms with Gasteiger partial charge in [-0.15, -0.1) is 10.2 Å². The fourth-order valence-corrected chi connectivity index (χ4v) is 2.05. The van der Waals surface area contributed by atoms with E-state index in [1.165, 1.54) is 18.7 Å². The van der Waals surface area contributed by atoms with Crippen molar-refractivity contribution in [1.82, 2.24) is 10.2 Å². The molecule has 3 N–H and O–H groups in total. The highest BCUT2D eigenvalue weighted by atomic mass is 32.2. The van der Waals surface area contributed by atoms with Gasteiger partial charge in [0.2, 0.25) is 5.91 Å². The van der Waals surface area contributed by atoms with E-state index >= 15 is 0 Å². The van der Waals surface area contributed by atoms with Crippen LogP contribution in [0.25, 0.3) is 0 Å². The minimum Gasteiger partial charge on any atom is -0.382 e. The summed E-state index contributed by atoms with van der Waals surface area (Å²) in [6, 6.07) is 11.0. The van der Waals surface area contributed by atoms with Gasteiger partial charge in [-0.05, 0) is 36.4 Å². The Kier molecular flexibility index (Phi) is 3.78. The number of hydrogen-bond donors (Lipinski definition) is 2. The summed E-state index contributed by atoms with van der Waals surface area (Å²) in [6.07, 6.45) is 0. The number of nitrogens with one attached hydrogen (secondary N) is 1. The van der Waals surface area contributed by atoms with Crippen molar-refractivity contribution in [3.63, 3.8) is 0 Å². The Hall–Kier alpha value is -2.08. The smallest absolute Gasteiger partial charge is 0.221 e. The third-order valence-corrected chi connectivity index (χ3v) is 2.99. The molecule has 1 heterocycles. The van der Waals surface area contributed by atoms with Crippen LogP contribution in [-0.4, -0.2) is 16.1 Å². The van der Waals surface area contributed by atoms with Crippen LogP contribution in [0.5, 0.6) is 0 Å². The SMILES string of the molecule is CC(=O)Nc1ccc(Sc2ccc(N)nn2)cc1. The molecule has 2 rings (SSSR count). The van der Waals surface area contributed by atoms with Crippen molar-refractivity contribution < 1.29 is 4.79 Å². The molecule has 1 aromatic carbocycles. The maximum Gasteiger partial charge on any atom is 0.221 e. The number of rotatable bonds is 3. The molecule has 0 aliphatic rings. The number of hydrogen-bond acceptors (Lipinski definition) is 5. The van der Waals surface area contributed by atoms with Crippen LogP contribution in [0.4, 0.5) is 11.5 Å². The molecule has 1 amide bonds. The lowest BCUT2D eigenvalue weighted by molar-refractivity contribution is -0.114. The Morgan fingerprint density at radius 2 is 1.89 bits per heavy atom. The molecule has 0 atom stereocenters. The summed E-state index contributed by atoms with van der Waals surface area (Å²) in [7, 11) is 0. The molecule has 2 aromatic rings. The van der Waals surface area contributed by atoms with Gasteiger partial charge < -0.3 is 11.1 Å². The second-order valence-electron chi connectivity index (χ2n) is 3.60. The lowest BCUT2D eigenvalue weighted by atomic mass is 10.3. The minimum absolute atomic E-state index is 0.0835. The molecule has 5 nitrogen and oxygen atoms in total. The van der Waals surface area contributed by atoms with Crippen LogP contribution in [0, 0.1) is 0 Å². The molecule has 92 valence electrons. The predicted molar refractivity (Wildman–Crippen MR) is 71.3 cm³/mol. The summed E-state index contributed by atoms with van der Waals surface area (Å²) in [6.45, 7) is 1.48. The zero-order chi connectivity index (χ0) is 13.0. The largest absolute Gasteiger partial charge is 0.382 e. The molecule has 6 heteroatoms. The average molecular weight is 260 g/mol. The van der Waals surface area contributed by atoms with Gasteiger partial charge in [0, 0.05) is 17.5 Å². The number of aromatic nitrogens is 2. The van der Waals surface area contributed by atoms with Gasteiger partial charge in [0.15, 0.2) is 0 Å². The second-order valence-corrected chi connectivity index (χ2v) is 4.70. The highest BCUT2D eigenvalue weighted by molar-refractivity contribution is 7.99. The molecule has 0 aliphatic carbocycles. The van der Waals surface area contributed by atoms with Crippen molar-refractivity contribution in [1.29, 1.82) is 0 Å². The first-order valence-electron chi connectivity index (χ1n) is 5.28. The van der Waals surface area contributed by atoms with Crippen LogP contribution in [0.15, 0.2) is 46.3 Å². The Balaban J connectivity index is 2.06. The number of carbonyl (C=O) groups excluding carboxylic acids is 1. The van der Waals surface area contributed by atoms with E-state index in [1.54, 1.807) is 6.07 Å². The molecule has 0 bridgehead atoms. The molecule has 0 saturated heterocycles. The maximum atomic E-state index is 10.9.